The lowest BCUT2D eigenvalue weighted by molar-refractivity contribution is 0.0700. The minimum Gasteiger partial charge on any atom is -0.444 e. The van der Waals surface area contributed by atoms with Crippen LogP contribution in [0.1, 0.15) is 40.0 Å². The minimum absolute atomic E-state index is 0.0446. The van der Waals surface area contributed by atoms with Crippen LogP contribution in [0.25, 0.3) is 10.2 Å². The lowest BCUT2D eigenvalue weighted by Crippen LogP contribution is -2.30. The Morgan fingerprint density at radius 2 is 2.26 bits per heavy atom. The number of thiazole rings is 1. The van der Waals surface area contributed by atoms with E-state index in [1.807, 2.05) is 36.1 Å². The minimum atomic E-state index is -0.0463. The van der Waals surface area contributed by atoms with E-state index in [2.05, 4.69) is 22.0 Å². The van der Waals surface area contributed by atoms with E-state index in [0.29, 0.717) is 10.4 Å². The van der Waals surface area contributed by atoms with Crippen LogP contribution in [0.4, 0.5) is 0 Å². The number of rotatable bonds is 2. The van der Waals surface area contributed by atoms with Crippen molar-refractivity contribution < 1.29 is 9.21 Å². The molecule has 0 spiro atoms. The Hall–Kier alpha value is -1.66. The van der Waals surface area contributed by atoms with Crippen LogP contribution in [0, 0.1) is 6.92 Å². The molecular weight excluding hydrogens is 376 g/mol. The van der Waals surface area contributed by atoms with Gasteiger partial charge in [0.15, 0.2) is 10.4 Å². The summed E-state index contributed by atoms with van der Waals surface area (Å²) in [4.78, 5) is 19.5. The molecule has 1 atom stereocenters. The molecule has 3 aromatic rings. The third-order valence-electron chi connectivity index (χ3n) is 4.19. The number of carbonyl (C=O) groups is 1. The average molecular weight is 391 g/mol. The largest absolute Gasteiger partial charge is 0.444 e. The van der Waals surface area contributed by atoms with Crippen molar-refractivity contribution >= 4 is 43.4 Å². The van der Waals surface area contributed by atoms with Gasteiger partial charge in [-0.05, 0) is 53.9 Å². The maximum absolute atomic E-state index is 12.9. The highest BCUT2D eigenvalue weighted by molar-refractivity contribution is 9.10. The third kappa shape index (κ3) is 2.60. The highest BCUT2D eigenvalue weighted by Crippen LogP contribution is 2.37. The summed E-state index contributed by atoms with van der Waals surface area (Å²) >= 11 is 4.97. The molecule has 4 nitrogen and oxygen atoms in total. The molecule has 1 aliphatic heterocycles. The van der Waals surface area contributed by atoms with Crippen LogP contribution in [-0.2, 0) is 0 Å². The number of amides is 1. The van der Waals surface area contributed by atoms with Gasteiger partial charge in [-0.25, -0.2) is 4.98 Å². The first kappa shape index (κ1) is 14.9. The van der Waals surface area contributed by atoms with Crippen molar-refractivity contribution in [1.29, 1.82) is 0 Å². The van der Waals surface area contributed by atoms with E-state index in [1.165, 1.54) is 4.70 Å². The second-order valence-corrected chi connectivity index (χ2v) is 7.58. The van der Waals surface area contributed by atoms with E-state index in [4.69, 9.17) is 9.40 Å². The van der Waals surface area contributed by atoms with Crippen LogP contribution < -0.4 is 0 Å². The smallest absolute Gasteiger partial charge is 0.290 e. The topological polar surface area (TPSA) is 46.3 Å². The first-order valence-electron chi connectivity index (χ1n) is 7.56. The van der Waals surface area contributed by atoms with Gasteiger partial charge < -0.3 is 9.32 Å². The molecule has 4 rings (SSSR count). The predicted molar refractivity (Wildman–Crippen MR) is 93.8 cm³/mol. The normalized spacial score (nSPS) is 18.0. The Morgan fingerprint density at radius 3 is 3.00 bits per heavy atom. The monoisotopic (exact) mass is 390 g/mol. The number of halogens is 1. The van der Waals surface area contributed by atoms with Crippen LogP contribution in [0.15, 0.2) is 39.4 Å². The van der Waals surface area contributed by atoms with Gasteiger partial charge in [0.25, 0.3) is 5.91 Å². The maximum Gasteiger partial charge on any atom is 0.290 e. The predicted octanol–water partition coefficient (Wildman–Crippen LogP) is 4.94. The fourth-order valence-electron chi connectivity index (χ4n) is 3.09. The summed E-state index contributed by atoms with van der Waals surface area (Å²) in [5.41, 5.74) is 1.86. The number of benzene rings is 1. The molecule has 0 bridgehead atoms. The molecular formula is C17H15BrN2O2S. The van der Waals surface area contributed by atoms with E-state index in [1.54, 1.807) is 11.3 Å². The third-order valence-corrected chi connectivity index (χ3v) is 5.72. The average Bonchev–Trinajstić information content (AvgIpc) is 3.23. The number of likely N-dealkylation sites (tertiary alicyclic amines) is 1. The van der Waals surface area contributed by atoms with Crippen LogP contribution in [0.5, 0.6) is 0 Å². The van der Waals surface area contributed by atoms with Crippen LogP contribution in [0.2, 0.25) is 0 Å². The van der Waals surface area contributed by atoms with E-state index < -0.39 is 0 Å². The summed E-state index contributed by atoms with van der Waals surface area (Å²) < 4.78 is 7.30. The van der Waals surface area contributed by atoms with Gasteiger partial charge in [-0.2, -0.15) is 0 Å². The van der Waals surface area contributed by atoms with Gasteiger partial charge in [0.1, 0.15) is 5.01 Å². The quantitative estimate of drug-likeness (QED) is 0.622. The number of nitrogens with zero attached hydrogens (tertiary/aromatic N) is 2. The fraction of sp³-hybridized carbons (Fsp3) is 0.294. The molecule has 1 saturated heterocycles. The molecule has 1 amide bonds. The summed E-state index contributed by atoms with van der Waals surface area (Å²) in [6.07, 6.45) is 1.94. The van der Waals surface area contributed by atoms with Gasteiger partial charge >= 0.3 is 0 Å². The van der Waals surface area contributed by atoms with Crippen molar-refractivity contribution in [3.63, 3.8) is 0 Å². The van der Waals surface area contributed by atoms with Crippen LogP contribution in [0.3, 0.4) is 0 Å². The Kier molecular flexibility index (Phi) is 3.73. The standard InChI is InChI=1S/C17H15BrN2O2S/c1-10-9-14(18)22-15(10)17(21)20-8-4-6-12(20)16-19-11-5-2-3-7-13(11)23-16/h2-3,5,7,9,12H,4,6,8H2,1H3/t12-/m0/s1. The lowest BCUT2D eigenvalue weighted by Gasteiger charge is -2.22. The Balaban J connectivity index is 1.68. The fourth-order valence-corrected chi connectivity index (χ4v) is 4.71. The number of furan rings is 1. The molecule has 6 heteroatoms. The van der Waals surface area contributed by atoms with Gasteiger partial charge in [0.2, 0.25) is 0 Å². The summed E-state index contributed by atoms with van der Waals surface area (Å²) in [5, 5.41) is 1.01. The molecule has 0 saturated carbocycles. The van der Waals surface area contributed by atoms with E-state index >= 15 is 0 Å². The number of hydrogen-bond acceptors (Lipinski definition) is 4. The zero-order chi connectivity index (χ0) is 16.0. The zero-order valence-electron chi connectivity index (χ0n) is 12.6. The first-order valence-corrected chi connectivity index (χ1v) is 9.17. The number of aryl methyl sites for hydroxylation is 1. The molecule has 2 aromatic heterocycles. The molecule has 0 radical (unpaired) electrons. The number of carbonyl (C=O) groups excluding carboxylic acids is 1. The van der Waals surface area contributed by atoms with Crippen LogP contribution in [-0.4, -0.2) is 22.3 Å². The maximum atomic E-state index is 12.9. The van der Waals surface area contributed by atoms with Crippen molar-refractivity contribution in [2.45, 2.75) is 25.8 Å². The van der Waals surface area contributed by atoms with E-state index in [0.717, 1.165) is 35.5 Å². The zero-order valence-corrected chi connectivity index (χ0v) is 15.0. The molecule has 0 N–H and O–H groups in total. The highest BCUT2D eigenvalue weighted by Gasteiger charge is 2.34. The molecule has 0 unspecified atom stereocenters. The van der Waals surface area contributed by atoms with Crippen LogP contribution >= 0.6 is 27.3 Å². The van der Waals surface area contributed by atoms with E-state index in [9.17, 15) is 4.79 Å². The second-order valence-electron chi connectivity index (χ2n) is 5.74. The summed E-state index contributed by atoms with van der Waals surface area (Å²) in [6, 6.07) is 9.98. The lowest BCUT2D eigenvalue weighted by atomic mass is 10.2. The Morgan fingerprint density at radius 1 is 1.43 bits per heavy atom. The molecule has 118 valence electrons. The van der Waals surface area contributed by atoms with Crippen molar-refractivity contribution in [3.05, 3.63) is 51.3 Å². The van der Waals surface area contributed by atoms with Gasteiger partial charge in [-0.1, -0.05) is 12.1 Å². The number of para-hydroxylation sites is 1. The van der Waals surface area contributed by atoms with Crippen molar-refractivity contribution in [2.24, 2.45) is 0 Å². The van der Waals surface area contributed by atoms with Crippen molar-refractivity contribution in [2.75, 3.05) is 6.54 Å². The SMILES string of the molecule is Cc1cc(Br)oc1C(=O)N1CCC[C@H]1c1nc2ccccc2s1. The number of fused-ring (bicyclic) bond motifs is 1. The van der Waals surface area contributed by atoms with Crippen molar-refractivity contribution in [3.8, 4) is 0 Å². The van der Waals surface area contributed by atoms with Gasteiger partial charge in [-0.15, -0.1) is 11.3 Å². The molecule has 23 heavy (non-hydrogen) atoms. The first-order chi connectivity index (χ1) is 11.1. The van der Waals surface area contributed by atoms with E-state index in [-0.39, 0.29) is 11.9 Å². The molecule has 0 aliphatic carbocycles. The second kappa shape index (κ2) is 5.76. The molecule has 1 fully saturated rings. The summed E-state index contributed by atoms with van der Waals surface area (Å²) in [6.45, 7) is 2.64. The van der Waals surface area contributed by atoms with Gasteiger partial charge in [-0.3, -0.25) is 4.79 Å². The summed E-state index contributed by atoms with van der Waals surface area (Å²) in [7, 11) is 0. The molecule has 1 aliphatic rings. The van der Waals surface area contributed by atoms with Gasteiger partial charge in [0.05, 0.1) is 16.3 Å². The van der Waals surface area contributed by atoms with Gasteiger partial charge in [0, 0.05) is 12.1 Å². The molecule has 3 heterocycles. The Bertz CT molecular complexity index is 853. The Labute approximate surface area is 146 Å². The molecule has 1 aromatic carbocycles. The number of aromatic nitrogens is 1. The highest BCUT2D eigenvalue weighted by atomic mass is 79.9. The number of hydrogen-bond donors (Lipinski definition) is 0. The van der Waals surface area contributed by atoms with Crippen molar-refractivity contribution in [1.82, 2.24) is 9.88 Å². The summed E-state index contributed by atoms with van der Waals surface area (Å²) in [5.74, 6) is 0.375.